The van der Waals surface area contributed by atoms with E-state index in [1.807, 2.05) is 13.8 Å². The van der Waals surface area contributed by atoms with Crippen LogP contribution in [0.5, 0.6) is 0 Å². The van der Waals surface area contributed by atoms with Gasteiger partial charge in [0.1, 0.15) is 5.92 Å². The summed E-state index contributed by atoms with van der Waals surface area (Å²) in [7, 11) is 0. The highest BCUT2D eigenvalue weighted by atomic mass is 16.5. The fraction of sp³-hybridized carbons (Fsp3) is 0.833. The molecule has 3 N–H and O–H groups in total. The summed E-state index contributed by atoms with van der Waals surface area (Å²) in [5, 5.41) is 9.10. The molecule has 3 unspecified atom stereocenters. The van der Waals surface area contributed by atoms with Crippen LogP contribution in [0, 0.1) is 5.92 Å². The normalized spacial score (nSPS) is 24.8. The lowest BCUT2D eigenvalue weighted by Gasteiger charge is -2.30. The van der Waals surface area contributed by atoms with Crippen molar-refractivity contribution in [2.24, 2.45) is 11.7 Å². The number of nitrogens with zero attached hydrogens (tertiary/aromatic N) is 1. The number of ether oxygens (including phenoxy) is 1. The Morgan fingerprint density at radius 2 is 2.11 bits per heavy atom. The molecule has 0 radical (unpaired) electrons. The van der Waals surface area contributed by atoms with Crippen molar-refractivity contribution in [1.29, 1.82) is 0 Å². The van der Waals surface area contributed by atoms with Crippen molar-refractivity contribution >= 4 is 11.9 Å². The first-order valence-electron chi connectivity index (χ1n) is 6.36. The van der Waals surface area contributed by atoms with Gasteiger partial charge in [-0.25, -0.2) is 0 Å². The van der Waals surface area contributed by atoms with Gasteiger partial charge in [-0.15, -0.1) is 0 Å². The summed E-state index contributed by atoms with van der Waals surface area (Å²) >= 11 is 0. The van der Waals surface area contributed by atoms with Crippen molar-refractivity contribution in [2.75, 3.05) is 19.8 Å². The van der Waals surface area contributed by atoms with Gasteiger partial charge < -0.3 is 20.5 Å². The van der Waals surface area contributed by atoms with Crippen molar-refractivity contribution in [1.82, 2.24) is 4.90 Å². The van der Waals surface area contributed by atoms with E-state index in [0.717, 1.165) is 6.42 Å². The molecule has 1 aliphatic rings. The zero-order valence-electron chi connectivity index (χ0n) is 11.0. The maximum atomic E-state index is 12.1. The van der Waals surface area contributed by atoms with E-state index in [9.17, 15) is 9.59 Å². The Balaban J connectivity index is 2.70. The number of carboxylic acid groups (broad SMARTS) is 1. The molecule has 6 nitrogen and oxygen atoms in total. The Labute approximate surface area is 107 Å². The third kappa shape index (κ3) is 3.43. The van der Waals surface area contributed by atoms with Gasteiger partial charge in [0.25, 0.3) is 0 Å². The van der Waals surface area contributed by atoms with Crippen molar-refractivity contribution in [3.8, 4) is 0 Å². The highest BCUT2D eigenvalue weighted by molar-refractivity contribution is 5.79. The summed E-state index contributed by atoms with van der Waals surface area (Å²) in [6.07, 6.45) is 0.986. The largest absolute Gasteiger partial charge is 0.481 e. The van der Waals surface area contributed by atoms with E-state index in [-0.39, 0.29) is 37.6 Å². The van der Waals surface area contributed by atoms with Crippen molar-refractivity contribution in [3.05, 3.63) is 0 Å². The van der Waals surface area contributed by atoms with Crippen molar-refractivity contribution in [3.63, 3.8) is 0 Å². The molecule has 1 aliphatic heterocycles. The van der Waals surface area contributed by atoms with Gasteiger partial charge in [-0.1, -0.05) is 6.92 Å². The molecule has 0 spiro atoms. The predicted octanol–water partition coefficient (Wildman–Crippen LogP) is 0.0619. The zero-order valence-corrected chi connectivity index (χ0v) is 11.0. The van der Waals surface area contributed by atoms with Crippen LogP contribution in [-0.2, 0) is 14.3 Å². The molecule has 1 fully saturated rings. The van der Waals surface area contributed by atoms with Crippen LogP contribution in [0.1, 0.15) is 26.7 Å². The number of likely N-dealkylation sites (N-methyl/N-ethyl adjacent to an activating group) is 1. The van der Waals surface area contributed by atoms with Gasteiger partial charge in [0.2, 0.25) is 5.91 Å². The molecule has 104 valence electrons. The molecule has 0 aromatic carbocycles. The summed E-state index contributed by atoms with van der Waals surface area (Å²) in [4.78, 5) is 24.8. The number of carboxylic acids is 1. The maximum Gasteiger partial charge on any atom is 0.311 e. The number of nitrogens with two attached hydrogens (primary N) is 1. The van der Waals surface area contributed by atoms with E-state index in [1.165, 1.54) is 0 Å². The summed E-state index contributed by atoms with van der Waals surface area (Å²) in [6, 6.07) is -0.541. The van der Waals surface area contributed by atoms with Crippen molar-refractivity contribution < 1.29 is 19.4 Å². The van der Waals surface area contributed by atoms with Crippen LogP contribution in [0.25, 0.3) is 0 Å². The maximum absolute atomic E-state index is 12.1. The SMILES string of the molecule is CCC(N)CC(=O)N(CC)C1COCC1C(=O)O. The van der Waals surface area contributed by atoms with E-state index in [2.05, 4.69) is 0 Å². The van der Waals surface area contributed by atoms with Crippen LogP contribution >= 0.6 is 0 Å². The first-order chi connectivity index (χ1) is 8.51. The first-order valence-corrected chi connectivity index (χ1v) is 6.36. The molecular formula is C12H22N2O4. The fourth-order valence-electron chi connectivity index (χ4n) is 2.17. The third-order valence-electron chi connectivity index (χ3n) is 3.39. The molecule has 6 heteroatoms. The smallest absolute Gasteiger partial charge is 0.311 e. The van der Waals surface area contributed by atoms with Crippen LogP contribution in [0.15, 0.2) is 0 Å². The molecule has 0 aliphatic carbocycles. The Morgan fingerprint density at radius 1 is 1.44 bits per heavy atom. The summed E-state index contributed by atoms with van der Waals surface area (Å²) in [6.45, 7) is 4.70. The second kappa shape index (κ2) is 6.70. The molecule has 0 aromatic heterocycles. The highest BCUT2D eigenvalue weighted by Crippen LogP contribution is 2.21. The third-order valence-corrected chi connectivity index (χ3v) is 3.39. The van der Waals surface area contributed by atoms with Gasteiger partial charge >= 0.3 is 5.97 Å². The lowest BCUT2D eigenvalue weighted by molar-refractivity contribution is -0.145. The number of hydrogen-bond donors (Lipinski definition) is 2. The Hall–Kier alpha value is -1.14. The Bertz CT molecular complexity index is 308. The van der Waals surface area contributed by atoms with Gasteiger partial charge in [0, 0.05) is 19.0 Å². The second-order valence-electron chi connectivity index (χ2n) is 4.60. The van der Waals surface area contributed by atoms with Crippen molar-refractivity contribution in [2.45, 2.75) is 38.8 Å². The van der Waals surface area contributed by atoms with E-state index >= 15 is 0 Å². The van der Waals surface area contributed by atoms with Crippen LogP contribution < -0.4 is 5.73 Å². The standard InChI is InChI=1S/C12H22N2O4/c1-3-8(13)5-11(15)14(4-2)10-7-18-6-9(10)12(16)17/h8-10H,3-7,13H2,1-2H3,(H,16,17). The number of amides is 1. The molecule has 1 heterocycles. The predicted molar refractivity (Wildman–Crippen MR) is 66.0 cm³/mol. The zero-order chi connectivity index (χ0) is 13.7. The minimum absolute atomic E-state index is 0.0893. The molecule has 1 rings (SSSR count). The Kier molecular flexibility index (Phi) is 5.55. The molecule has 1 saturated heterocycles. The van der Waals surface area contributed by atoms with Gasteiger partial charge in [-0.3, -0.25) is 9.59 Å². The topological polar surface area (TPSA) is 92.9 Å². The van der Waals surface area contributed by atoms with Crippen LogP contribution in [-0.4, -0.2) is 53.7 Å². The summed E-state index contributed by atoms with van der Waals surface area (Å²) < 4.78 is 5.19. The minimum atomic E-state index is -0.913. The van der Waals surface area contributed by atoms with E-state index in [1.54, 1.807) is 4.90 Å². The average molecular weight is 258 g/mol. The van der Waals surface area contributed by atoms with E-state index in [4.69, 9.17) is 15.6 Å². The highest BCUT2D eigenvalue weighted by Gasteiger charge is 2.39. The van der Waals surface area contributed by atoms with Gasteiger partial charge in [0.15, 0.2) is 0 Å². The lowest BCUT2D eigenvalue weighted by atomic mass is 10.0. The number of carbonyl (C=O) groups excluding carboxylic acids is 1. The average Bonchev–Trinajstić information content (AvgIpc) is 2.79. The summed E-state index contributed by atoms with van der Waals surface area (Å²) in [5.41, 5.74) is 5.76. The number of rotatable bonds is 6. The monoisotopic (exact) mass is 258 g/mol. The molecule has 1 amide bonds. The fourth-order valence-corrected chi connectivity index (χ4v) is 2.17. The number of aliphatic carboxylic acids is 1. The summed E-state index contributed by atoms with van der Waals surface area (Å²) in [5.74, 6) is -1.64. The molecule has 0 aromatic rings. The number of hydrogen-bond acceptors (Lipinski definition) is 4. The number of carbonyl (C=O) groups is 2. The molecular weight excluding hydrogens is 236 g/mol. The lowest BCUT2D eigenvalue weighted by Crippen LogP contribution is -2.47. The van der Waals surface area contributed by atoms with E-state index < -0.39 is 11.9 Å². The van der Waals surface area contributed by atoms with Gasteiger partial charge in [-0.05, 0) is 13.3 Å². The second-order valence-corrected chi connectivity index (χ2v) is 4.60. The molecule has 0 saturated carbocycles. The van der Waals surface area contributed by atoms with Crippen LogP contribution in [0.4, 0.5) is 0 Å². The molecule has 0 bridgehead atoms. The first kappa shape index (κ1) is 14.9. The molecule has 18 heavy (non-hydrogen) atoms. The van der Waals surface area contributed by atoms with Gasteiger partial charge in [-0.2, -0.15) is 0 Å². The molecule has 3 atom stereocenters. The van der Waals surface area contributed by atoms with Crippen LogP contribution in [0.3, 0.4) is 0 Å². The Morgan fingerprint density at radius 3 is 2.61 bits per heavy atom. The minimum Gasteiger partial charge on any atom is -0.481 e. The van der Waals surface area contributed by atoms with Crippen LogP contribution in [0.2, 0.25) is 0 Å². The van der Waals surface area contributed by atoms with E-state index in [0.29, 0.717) is 6.54 Å². The van der Waals surface area contributed by atoms with Gasteiger partial charge in [0.05, 0.1) is 19.3 Å². The quantitative estimate of drug-likeness (QED) is 0.703.